The molecule has 1 aromatic heterocycles. The lowest BCUT2D eigenvalue weighted by Crippen LogP contribution is -2.05. The number of hydrogen-bond donors (Lipinski definition) is 2. The lowest BCUT2D eigenvalue weighted by molar-refractivity contribution is 0.601. The maximum Gasteiger partial charge on any atom is 0.220 e. The number of nitrogen functional groups attached to an aromatic ring is 2. The number of sulfone groups is 1. The zero-order chi connectivity index (χ0) is 13.3. The van der Waals surface area contributed by atoms with Gasteiger partial charge < -0.3 is 11.5 Å². The summed E-state index contributed by atoms with van der Waals surface area (Å²) in [5.74, 6) is 0.0224. The number of hydrogen-bond acceptors (Lipinski definition) is 6. The second-order valence-corrected chi connectivity index (χ2v) is 5.82. The molecule has 2 rings (SSSR count). The van der Waals surface area contributed by atoms with Gasteiger partial charge in [0.2, 0.25) is 5.95 Å². The number of rotatable bonds is 2. The summed E-state index contributed by atoms with van der Waals surface area (Å²) >= 11 is 0. The van der Waals surface area contributed by atoms with Crippen LogP contribution < -0.4 is 11.5 Å². The molecule has 0 saturated heterocycles. The predicted octanol–water partition coefficient (Wildman–Crippen LogP) is 0.712. The van der Waals surface area contributed by atoms with Crippen LogP contribution in [0.4, 0.5) is 11.6 Å². The summed E-state index contributed by atoms with van der Waals surface area (Å²) in [6.45, 7) is 0. The summed E-state index contributed by atoms with van der Waals surface area (Å²) < 4.78 is 23.3. The quantitative estimate of drug-likeness (QED) is 0.772. The standard InChI is InChI=1S/C11H12N4O2S/c1-18(16,17)9-6-14-11(13)15-10(9)7-2-4-8(12)5-3-7/h2-6H,12H2,1H3,(H2,13,14,15). The van der Waals surface area contributed by atoms with Gasteiger partial charge in [0.1, 0.15) is 4.90 Å². The third-order valence-electron chi connectivity index (χ3n) is 2.36. The van der Waals surface area contributed by atoms with Crippen LogP contribution in [-0.4, -0.2) is 24.6 Å². The van der Waals surface area contributed by atoms with E-state index in [2.05, 4.69) is 9.97 Å². The van der Waals surface area contributed by atoms with Gasteiger partial charge in [-0.25, -0.2) is 18.4 Å². The minimum Gasteiger partial charge on any atom is -0.399 e. The van der Waals surface area contributed by atoms with Gasteiger partial charge in [0.15, 0.2) is 9.84 Å². The molecular formula is C11H12N4O2S. The smallest absolute Gasteiger partial charge is 0.220 e. The van der Waals surface area contributed by atoms with Crippen LogP contribution in [0.1, 0.15) is 0 Å². The highest BCUT2D eigenvalue weighted by molar-refractivity contribution is 7.90. The van der Waals surface area contributed by atoms with E-state index in [1.807, 2.05) is 0 Å². The Balaban J connectivity index is 2.69. The average molecular weight is 264 g/mol. The van der Waals surface area contributed by atoms with Crippen LogP contribution in [0.25, 0.3) is 11.3 Å². The van der Waals surface area contributed by atoms with Gasteiger partial charge in [-0.1, -0.05) is 12.1 Å². The Labute approximate surface area is 105 Å². The Kier molecular flexibility index (Phi) is 2.92. The van der Waals surface area contributed by atoms with Crippen molar-refractivity contribution in [3.05, 3.63) is 30.5 Å². The molecule has 1 heterocycles. The molecule has 0 fully saturated rings. The van der Waals surface area contributed by atoms with Crippen molar-refractivity contribution in [3.63, 3.8) is 0 Å². The Morgan fingerprint density at radius 1 is 1.11 bits per heavy atom. The molecule has 2 aromatic rings. The van der Waals surface area contributed by atoms with Crippen LogP contribution in [0.15, 0.2) is 35.4 Å². The molecule has 1 aromatic carbocycles. The maximum atomic E-state index is 11.7. The molecule has 0 bridgehead atoms. The molecule has 0 aliphatic carbocycles. The van der Waals surface area contributed by atoms with Gasteiger partial charge >= 0.3 is 0 Å². The van der Waals surface area contributed by atoms with Crippen molar-refractivity contribution >= 4 is 21.5 Å². The van der Waals surface area contributed by atoms with E-state index >= 15 is 0 Å². The minimum atomic E-state index is -3.42. The van der Waals surface area contributed by atoms with Crippen LogP contribution in [0, 0.1) is 0 Å². The first kappa shape index (κ1) is 12.3. The summed E-state index contributed by atoms with van der Waals surface area (Å²) in [4.78, 5) is 7.74. The second kappa shape index (κ2) is 4.26. The van der Waals surface area contributed by atoms with E-state index in [1.165, 1.54) is 6.20 Å². The zero-order valence-electron chi connectivity index (χ0n) is 9.66. The molecule has 0 amide bonds. The molecule has 0 atom stereocenters. The third-order valence-corrected chi connectivity index (χ3v) is 3.46. The number of nitrogens with zero attached hydrogens (tertiary/aromatic N) is 2. The van der Waals surface area contributed by atoms with Crippen molar-refractivity contribution in [3.8, 4) is 11.3 Å². The molecular weight excluding hydrogens is 252 g/mol. The summed E-state index contributed by atoms with van der Waals surface area (Å²) in [7, 11) is -3.42. The SMILES string of the molecule is CS(=O)(=O)c1cnc(N)nc1-c1ccc(N)cc1. The lowest BCUT2D eigenvalue weighted by Gasteiger charge is -2.07. The normalized spacial score (nSPS) is 11.4. The first-order valence-corrected chi connectivity index (χ1v) is 6.95. The first-order valence-electron chi connectivity index (χ1n) is 5.06. The van der Waals surface area contributed by atoms with Gasteiger partial charge in [-0.05, 0) is 12.1 Å². The van der Waals surface area contributed by atoms with Gasteiger partial charge in [-0.3, -0.25) is 0 Å². The Bertz CT molecular complexity index is 681. The molecule has 94 valence electrons. The Hall–Kier alpha value is -2.15. The molecule has 4 N–H and O–H groups in total. The number of aromatic nitrogens is 2. The van der Waals surface area contributed by atoms with Crippen LogP contribution in [0.3, 0.4) is 0 Å². The van der Waals surface area contributed by atoms with E-state index in [0.29, 0.717) is 11.3 Å². The van der Waals surface area contributed by atoms with E-state index in [9.17, 15) is 8.42 Å². The van der Waals surface area contributed by atoms with Crippen LogP contribution in [0.2, 0.25) is 0 Å². The fraction of sp³-hybridized carbons (Fsp3) is 0.0909. The molecule has 7 heteroatoms. The fourth-order valence-electron chi connectivity index (χ4n) is 1.50. The Morgan fingerprint density at radius 2 is 1.72 bits per heavy atom. The summed E-state index contributed by atoms with van der Waals surface area (Å²) in [5, 5.41) is 0. The van der Waals surface area contributed by atoms with Crippen molar-refractivity contribution < 1.29 is 8.42 Å². The molecule has 0 aliphatic rings. The van der Waals surface area contributed by atoms with Crippen molar-refractivity contribution in [2.24, 2.45) is 0 Å². The zero-order valence-corrected chi connectivity index (χ0v) is 10.5. The van der Waals surface area contributed by atoms with Crippen molar-refractivity contribution in [1.82, 2.24) is 9.97 Å². The van der Waals surface area contributed by atoms with E-state index in [-0.39, 0.29) is 16.5 Å². The van der Waals surface area contributed by atoms with E-state index in [1.54, 1.807) is 24.3 Å². The average Bonchev–Trinajstić information content (AvgIpc) is 2.28. The number of nitrogens with two attached hydrogens (primary N) is 2. The van der Waals surface area contributed by atoms with Gasteiger partial charge in [0, 0.05) is 17.5 Å². The third kappa shape index (κ3) is 2.40. The lowest BCUT2D eigenvalue weighted by atomic mass is 10.1. The van der Waals surface area contributed by atoms with Gasteiger partial charge in [-0.15, -0.1) is 0 Å². The van der Waals surface area contributed by atoms with Crippen molar-refractivity contribution in [1.29, 1.82) is 0 Å². The van der Waals surface area contributed by atoms with Crippen molar-refractivity contribution in [2.45, 2.75) is 4.90 Å². The first-order chi connectivity index (χ1) is 8.38. The molecule has 0 spiro atoms. The summed E-state index contributed by atoms with van der Waals surface area (Å²) in [5.41, 5.74) is 12.6. The maximum absolute atomic E-state index is 11.7. The van der Waals surface area contributed by atoms with E-state index in [0.717, 1.165) is 6.26 Å². The van der Waals surface area contributed by atoms with Gasteiger partial charge in [-0.2, -0.15) is 0 Å². The van der Waals surface area contributed by atoms with Crippen LogP contribution >= 0.6 is 0 Å². The topological polar surface area (TPSA) is 112 Å². The fourth-order valence-corrected chi connectivity index (χ4v) is 2.26. The monoisotopic (exact) mass is 264 g/mol. The van der Waals surface area contributed by atoms with E-state index in [4.69, 9.17) is 11.5 Å². The van der Waals surface area contributed by atoms with Crippen LogP contribution in [0.5, 0.6) is 0 Å². The highest BCUT2D eigenvalue weighted by atomic mass is 32.2. The second-order valence-electron chi connectivity index (χ2n) is 3.84. The molecule has 18 heavy (non-hydrogen) atoms. The molecule has 0 radical (unpaired) electrons. The highest BCUT2D eigenvalue weighted by Gasteiger charge is 2.17. The molecule has 6 nitrogen and oxygen atoms in total. The Morgan fingerprint density at radius 3 is 2.28 bits per heavy atom. The summed E-state index contributed by atoms with van der Waals surface area (Å²) in [6, 6.07) is 6.71. The van der Waals surface area contributed by atoms with E-state index < -0.39 is 9.84 Å². The van der Waals surface area contributed by atoms with Gasteiger partial charge in [0.05, 0.1) is 11.9 Å². The minimum absolute atomic E-state index is 0.0224. The summed E-state index contributed by atoms with van der Waals surface area (Å²) in [6.07, 6.45) is 2.31. The molecule has 0 aliphatic heterocycles. The number of anilines is 2. The van der Waals surface area contributed by atoms with Crippen LogP contribution in [-0.2, 0) is 9.84 Å². The van der Waals surface area contributed by atoms with Crippen molar-refractivity contribution in [2.75, 3.05) is 17.7 Å². The number of benzene rings is 1. The largest absolute Gasteiger partial charge is 0.399 e. The van der Waals surface area contributed by atoms with Gasteiger partial charge in [0.25, 0.3) is 0 Å². The highest BCUT2D eigenvalue weighted by Crippen LogP contribution is 2.25. The predicted molar refractivity (Wildman–Crippen MR) is 69.4 cm³/mol. The molecule has 0 unspecified atom stereocenters. The molecule has 0 saturated carbocycles.